The van der Waals surface area contributed by atoms with E-state index in [4.69, 9.17) is 5.73 Å². The van der Waals surface area contributed by atoms with Gasteiger partial charge in [-0.1, -0.05) is 5.21 Å². The number of hydrogen-bond donors (Lipinski definition) is 2. The molecule has 1 saturated heterocycles. The van der Waals surface area contributed by atoms with Gasteiger partial charge in [-0.25, -0.2) is 4.79 Å². The fraction of sp³-hybridized carbons (Fsp3) is 0.667. The standard InChI is InChI=1S/C12H20N6O2/c1-12(2)10(19)18(11(20)14-12)7-6-17-8-9(15-16-17)4-3-5-13/h8H,3-7,13H2,1-2H3,(H,14,20). The first-order valence-electron chi connectivity index (χ1n) is 6.67. The van der Waals surface area contributed by atoms with Crippen LogP contribution in [0.3, 0.4) is 0 Å². The molecule has 0 radical (unpaired) electrons. The summed E-state index contributed by atoms with van der Waals surface area (Å²) in [5.41, 5.74) is 5.48. The Morgan fingerprint density at radius 2 is 2.10 bits per heavy atom. The topological polar surface area (TPSA) is 106 Å². The summed E-state index contributed by atoms with van der Waals surface area (Å²) < 4.78 is 1.64. The van der Waals surface area contributed by atoms with E-state index < -0.39 is 5.54 Å². The summed E-state index contributed by atoms with van der Waals surface area (Å²) in [6.07, 6.45) is 3.46. The van der Waals surface area contributed by atoms with Crippen molar-refractivity contribution >= 4 is 11.9 Å². The van der Waals surface area contributed by atoms with E-state index in [0.717, 1.165) is 18.5 Å². The largest absolute Gasteiger partial charge is 0.330 e. The van der Waals surface area contributed by atoms with Crippen LogP contribution in [0.15, 0.2) is 6.20 Å². The van der Waals surface area contributed by atoms with Gasteiger partial charge in [-0.2, -0.15) is 0 Å². The lowest BCUT2D eigenvalue weighted by atomic mass is 10.1. The van der Waals surface area contributed by atoms with Crippen molar-refractivity contribution in [3.8, 4) is 0 Å². The number of aromatic nitrogens is 3. The highest BCUT2D eigenvalue weighted by Crippen LogP contribution is 2.16. The number of hydrogen-bond acceptors (Lipinski definition) is 5. The summed E-state index contributed by atoms with van der Waals surface area (Å²) in [5, 5.41) is 10.6. The van der Waals surface area contributed by atoms with Crippen LogP contribution < -0.4 is 11.1 Å². The summed E-state index contributed by atoms with van der Waals surface area (Å²) in [7, 11) is 0. The second-order valence-electron chi connectivity index (χ2n) is 5.38. The van der Waals surface area contributed by atoms with Gasteiger partial charge in [-0.15, -0.1) is 5.10 Å². The van der Waals surface area contributed by atoms with Gasteiger partial charge in [-0.3, -0.25) is 14.4 Å². The quantitative estimate of drug-likeness (QED) is 0.683. The van der Waals surface area contributed by atoms with Crippen molar-refractivity contribution in [2.75, 3.05) is 13.1 Å². The molecule has 1 aromatic heterocycles. The molecule has 0 atom stereocenters. The number of amides is 3. The predicted octanol–water partition coefficient (Wildman–Crippen LogP) is -0.500. The minimum Gasteiger partial charge on any atom is -0.330 e. The van der Waals surface area contributed by atoms with Gasteiger partial charge >= 0.3 is 6.03 Å². The smallest absolute Gasteiger partial charge is 0.325 e. The molecule has 1 aliphatic rings. The van der Waals surface area contributed by atoms with Crippen LogP contribution in [0.2, 0.25) is 0 Å². The number of imide groups is 1. The van der Waals surface area contributed by atoms with Gasteiger partial charge in [0, 0.05) is 6.20 Å². The molecule has 0 aliphatic carbocycles. The number of urea groups is 1. The lowest BCUT2D eigenvalue weighted by Crippen LogP contribution is -2.40. The predicted molar refractivity (Wildman–Crippen MR) is 71.7 cm³/mol. The summed E-state index contributed by atoms with van der Waals surface area (Å²) in [4.78, 5) is 24.9. The third-order valence-corrected chi connectivity index (χ3v) is 3.22. The lowest BCUT2D eigenvalue weighted by Gasteiger charge is -2.15. The van der Waals surface area contributed by atoms with E-state index in [0.29, 0.717) is 13.1 Å². The minimum atomic E-state index is -0.828. The zero-order valence-corrected chi connectivity index (χ0v) is 11.8. The molecule has 8 nitrogen and oxygen atoms in total. The Labute approximate surface area is 117 Å². The number of nitrogens with zero attached hydrogens (tertiary/aromatic N) is 4. The average Bonchev–Trinajstić information content (AvgIpc) is 2.90. The molecule has 0 spiro atoms. The SMILES string of the molecule is CC1(C)NC(=O)N(CCn2cc(CCCN)nn2)C1=O. The first kappa shape index (κ1) is 14.4. The van der Waals surface area contributed by atoms with Gasteiger partial charge < -0.3 is 11.1 Å². The van der Waals surface area contributed by atoms with E-state index in [1.807, 2.05) is 6.20 Å². The maximum atomic E-state index is 12.0. The number of carbonyl (C=O) groups excluding carboxylic acids is 2. The molecule has 0 unspecified atom stereocenters. The van der Waals surface area contributed by atoms with Crippen molar-refractivity contribution < 1.29 is 9.59 Å². The molecule has 3 N–H and O–H groups in total. The highest BCUT2D eigenvalue weighted by Gasteiger charge is 2.43. The van der Waals surface area contributed by atoms with E-state index in [2.05, 4.69) is 15.6 Å². The zero-order valence-electron chi connectivity index (χ0n) is 11.8. The van der Waals surface area contributed by atoms with Crippen LogP contribution in [0, 0.1) is 0 Å². The molecule has 110 valence electrons. The number of aryl methyl sites for hydroxylation is 1. The summed E-state index contributed by atoms with van der Waals surface area (Å²) in [5.74, 6) is -0.217. The van der Waals surface area contributed by atoms with Gasteiger partial charge in [0.1, 0.15) is 5.54 Å². The van der Waals surface area contributed by atoms with Crippen LogP contribution in [0.1, 0.15) is 26.0 Å². The molecule has 0 bridgehead atoms. The Balaban J connectivity index is 1.91. The molecule has 2 rings (SSSR count). The third-order valence-electron chi connectivity index (χ3n) is 3.22. The number of carbonyl (C=O) groups is 2. The van der Waals surface area contributed by atoms with Gasteiger partial charge in [0.15, 0.2) is 0 Å². The summed E-state index contributed by atoms with van der Waals surface area (Å²) in [6.45, 7) is 4.71. The van der Waals surface area contributed by atoms with Crippen LogP contribution in [-0.4, -0.2) is 50.5 Å². The van der Waals surface area contributed by atoms with E-state index in [1.165, 1.54) is 4.90 Å². The minimum absolute atomic E-state index is 0.217. The van der Waals surface area contributed by atoms with E-state index >= 15 is 0 Å². The Kier molecular flexibility index (Phi) is 4.03. The van der Waals surface area contributed by atoms with Crippen LogP contribution in [0.25, 0.3) is 0 Å². The molecule has 0 saturated carbocycles. The number of nitrogens with two attached hydrogens (primary N) is 1. The molecular formula is C12H20N6O2. The lowest BCUT2D eigenvalue weighted by molar-refractivity contribution is -0.130. The molecule has 1 aromatic rings. The maximum Gasteiger partial charge on any atom is 0.325 e. The summed E-state index contributed by atoms with van der Waals surface area (Å²) in [6, 6.07) is -0.358. The molecule has 0 aromatic carbocycles. The molecule has 20 heavy (non-hydrogen) atoms. The normalized spacial score (nSPS) is 17.6. The van der Waals surface area contributed by atoms with Gasteiger partial charge in [0.25, 0.3) is 5.91 Å². The van der Waals surface area contributed by atoms with E-state index in [-0.39, 0.29) is 18.5 Å². The molecule has 1 fully saturated rings. The molecule has 2 heterocycles. The Hall–Kier alpha value is -1.96. The van der Waals surface area contributed by atoms with Crippen LogP contribution in [0.5, 0.6) is 0 Å². The van der Waals surface area contributed by atoms with Crippen LogP contribution in [-0.2, 0) is 17.8 Å². The van der Waals surface area contributed by atoms with Gasteiger partial charge in [0.05, 0.1) is 18.8 Å². The first-order valence-corrected chi connectivity index (χ1v) is 6.67. The van der Waals surface area contributed by atoms with Crippen molar-refractivity contribution in [3.63, 3.8) is 0 Å². The highest BCUT2D eigenvalue weighted by atomic mass is 16.2. The van der Waals surface area contributed by atoms with Crippen LogP contribution in [0.4, 0.5) is 4.79 Å². The van der Waals surface area contributed by atoms with Crippen molar-refractivity contribution in [3.05, 3.63) is 11.9 Å². The fourth-order valence-corrected chi connectivity index (χ4v) is 2.07. The van der Waals surface area contributed by atoms with Crippen molar-refractivity contribution in [1.82, 2.24) is 25.2 Å². The van der Waals surface area contributed by atoms with Crippen molar-refractivity contribution in [2.45, 2.75) is 38.8 Å². The number of rotatable bonds is 6. The highest BCUT2D eigenvalue weighted by molar-refractivity contribution is 6.06. The average molecular weight is 280 g/mol. The van der Waals surface area contributed by atoms with E-state index in [1.54, 1.807) is 18.5 Å². The molecule has 3 amide bonds. The van der Waals surface area contributed by atoms with Crippen molar-refractivity contribution in [1.29, 1.82) is 0 Å². The second-order valence-corrected chi connectivity index (χ2v) is 5.38. The molecule has 1 aliphatic heterocycles. The summed E-state index contributed by atoms with van der Waals surface area (Å²) >= 11 is 0. The maximum absolute atomic E-state index is 12.0. The Morgan fingerprint density at radius 1 is 1.35 bits per heavy atom. The van der Waals surface area contributed by atoms with Gasteiger partial charge in [0.2, 0.25) is 0 Å². The monoisotopic (exact) mass is 280 g/mol. The third kappa shape index (κ3) is 2.96. The van der Waals surface area contributed by atoms with Gasteiger partial charge in [-0.05, 0) is 33.2 Å². The second kappa shape index (κ2) is 5.58. The van der Waals surface area contributed by atoms with Crippen molar-refractivity contribution in [2.24, 2.45) is 5.73 Å². The molecular weight excluding hydrogens is 260 g/mol. The van der Waals surface area contributed by atoms with E-state index in [9.17, 15) is 9.59 Å². The Morgan fingerprint density at radius 3 is 2.70 bits per heavy atom. The molecule has 8 heteroatoms. The fourth-order valence-electron chi connectivity index (χ4n) is 2.07. The number of nitrogens with one attached hydrogen (secondary N) is 1. The zero-order chi connectivity index (χ0) is 14.8. The Bertz CT molecular complexity index is 510. The first-order chi connectivity index (χ1) is 9.44. The van der Waals surface area contributed by atoms with Crippen LogP contribution >= 0.6 is 0 Å².